The van der Waals surface area contributed by atoms with Gasteiger partial charge in [-0.05, 0) is 12.8 Å². The number of phosphoric ester groups is 1. The number of hydrogen-bond donors (Lipinski definition) is 3. The van der Waals surface area contributed by atoms with Gasteiger partial charge in [0, 0.05) is 5.54 Å². The molecular weight excluding hydrogens is 489 g/mol. The first-order chi connectivity index (χ1) is 17.7. The lowest BCUT2D eigenvalue weighted by atomic mass is 9.91. The van der Waals surface area contributed by atoms with E-state index in [1.165, 1.54) is 116 Å². The monoisotopic (exact) mass is 549 g/mol. The van der Waals surface area contributed by atoms with Crippen molar-refractivity contribution in [3.63, 3.8) is 0 Å². The summed E-state index contributed by atoms with van der Waals surface area (Å²) in [6, 6.07) is 0. The van der Waals surface area contributed by atoms with Crippen molar-refractivity contribution in [1.82, 2.24) is 0 Å². The molecule has 7 nitrogen and oxygen atoms in total. The van der Waals surface area contributed by atoms with Crippen LogP contribution < -0.4 is 5.73 Å². The number of nitrogens with two attached hydrogens (primary N) is 1. The number of carbonyl (C=O) groups is 1. The predicted octanol–water partition coefficient (Wildman–Crippen LogP) is 8.91. The first-order valence-corrected chi connectivity index (χ1v) is 16.9. The Morgan fingerprint density at radius 3 is 1.43 bits per heavy atom. The Bertz CT molecular complexity index is 577. The molecule has 0 aliphatic heterocycles. The quantitative estimate of drug-likeness (QED) is 0.0629. The molecule has 0 bridgehead atoms. The lowest BCUT2D eigenvalue weighted by molar-refractivity contribution is -0.137. The summed E-state index contributed by atoms with van der Waals surface area (Å²) in [6.45, 7) is 3.77. The molecule has 37 heavy (non-hydrogen) atoms. The summed E-state index contributed by atoms with van der Waals surface area (Å²) >= 11 is 0. The van der Waals surface area contributed by atoms with Gasteiger partial charge in [-0.15, -0.1) is 0 Å². The molecule has 0 fully saturated rings. The van der Waals surface area contributed by atoms with Crippen LogP contribution in [0.4, 0.5) is 0 Å². The van der Waals surface area contributed by atoms with E-state index in [-0.39, 0.29) is 19.6 Å². The van der Waals surface area contributed by atoms with E-state index >= 15 is 0 Å². The molecule has 0 radical (unpaired) electrons. The number of phosphoric acid groups is 1. The zero-order chi connectivity index (χ0) is 27.7. The molecule has 0 spiro atoms. The SMILES string of the molecule is CCCCCCCCCCCCCCCCCCCCCCC(N)(CC)COP(=O)(O)OCCC(=O)O. The van der Waals surface area contributed by atoms with Crippen molar-refractivity contribution in [2.24, 2.45) is 5.73 Å². The van der Waals surface area contributed by atoms with Crippen LogP contribution in [0.5, 0.6) is 0 Å². The van der Waals surface area contributed by atoms with Crippen LogP contribution in [0.3, 0.4) is 0 Å². The normalized spacial score (nSPS) is 14.9. The van der Waals surface area contributed by atoms with Crippen molar-refractivity contribution >= 4 is 13.8 Å². The molecule has 2 unspecified atom stereocenters. The van der Waals surface area contributed by atoms with E-state index < -0.39 is 19.3 Å². The molecule has 0 aliphatic rings. The summed E-state index contributed by atoms with van der Waals surface area (Å²) in [5, 5.41) is 8.59. The zero-order valence-electron chi connectivity index (χ0n) is 24.2. The summed E-state index contributed by atoms with van der Waals surface area (Å²) in [7, 11) is -4.28. The van der Waals surface area contributed by atoms with E-state index in [0.29, 0.717) is 6.42 Å². The molecule has 0 saturated heterocycles. The lowest BCUT2D eigenvalue weighted by Gasteiger charge is -2.28. The molecular formula is C29H60NO6P. The van der Waals surface area contributed by atoms with Crippen molar-refractivity contribution in [3.8, 4) is 0 Å². The first kappa shape index (κ1) is 36.5. The maximum Gasteiger partial charge on any atom is 0.472 e. The number of carboxylic acids is 1. The molecule has 0 aliphatic carbocycles. The number of unbranched alkanes of at least 4 members (excludes halogenated alkanes) is 19. The Balaban J connectivity index is 3.53. The largest absolute Gasteiger partial charge is 0.481 e. The van der Waals surface area contributed by atoms with E-state index in [1.807, 2.05) is 6.92 Å². The Morgan fingerprint density at radius 2 is 1.08 bits per heavy atom. The van der Waals surface area contributed by atoms with Gasteiger partial charge >= 0.3 is 13.8 Å². The van der Waals surface area contributed by atoms with Crippen LogP contribution >= 0.6 is 7.82 Å². The van der Waals surface area contributed by atoms with Gasteiger partial charge in [0.1, 0.15) is 0 Å². The fourth-order valence-electron chi connectivity index (χ4n) is 4.58. The molecule has 0 saturated carbocycles. The van der Waals surface area contributed by atoms with E-state index in [9.17, 15) is 14.3 Å². The zero-order valence-corrected chi connectivity index (χ0v) is 25.1. The second-order valence-electron chi connectivity index (χ2n) is 10.9. The molecule has 4 N–H and O–H groups in total. The maximum atomic E-state index is 11.9. The number of carboxylic acid groups (broad SMARTS) is 1. The topological polar surface area (TPSA) is 119 Å². The highest BCUT2D eigenvalue weighted by Crippen LogP contribution is 2.44. The fraction of sp³-hybridized carbons (Fsp3) is 0.966. The van der Waals surface area contributed by atoms with Crippen molar-refractivity contribution in [1.29, 1.82) is 0 Å². The molecule has 222 valence electrons. The second kappa shape index (κ2) is 24.6. The van der Waals surface area contributed by atoms with Crippen LogP contribution in [0.1, 0.15) is 162 Å². The molecule has 2 atom stereocenters. The first-order valence-electron chi connectivity index (χ1n) is 15.4. The van der Waals surface area contributed by atoms with Crippen molar-refractivity contribution in [3.05, 3.63) is 0 Å². The maximum absolute atomic E-state index is 11.9. The summed E-state index contributed by atoms with van der Waals surface area (Å²) in [4.78, 5) is 20.2. The Hall–Kier alpha value is -0.460. The third-order valence-electron chi connectivity index (χ3n) is 7.32. The van der Waals surface area contributed by atoms with Crippen LogP contribution in [-0.4, -0.2) is 34.7 Å². The van der Waals surface area contributed by atoms with Crippen LogP contribution in [-0.2, 0) is 18.4 Å². The highest BCUT2D eigenvalue weighted by molar-refractivity contribution is 7.47. The standard InChI is InChI=1S/C29H60NO6P/c1-3-5-6-7-8-9-10-11-12-13-14-15-16-17-18-19-20-21-22-23-25-29(30,4-2)27-36-37(33,34)35-26-24-28(31)32/h3-27,30H2,1-2H3,(H,31,32)(H,33,34). The number of aliphatic carboxylic acids is 1. The van der Waals surface area contributed by atoms with Crippen molar-refractivity contribution in [2.75, 3.05) is 13.2 Å². The Kier molecular flexibility index (Phi) is 24.3. The van der Waals surface area contributed by atoms with Crippen LogP contribution in [0.2, 0.25) is 0 Å². The van der Waals surface area contributed by atoms with E-state index in [0.717, 1.165) is 19.3 Å². The molecule has 0 aromatic rings. The van der Waals surface area contributed by atoms with Gasteiger partial charge in [0.05, 0.1) is 19.6 Å². The van der Waals surface area contributed by atoms with Gasteiger partial charge in [0.15, 0.2) is 0 Å². The van der Waals surface area contributed by atoms with Gasteiger partial charge < -0.3 is 15.7 Å². The highest BCUT2D eigenvalue weighted by Gasteiger charge is 2.29. The van der Waals surface area contributed by atoms with Crippen molar-refractivity contribution < 1.29 is 28.4 Å². The van der Waals surface area contributed by atoms with Crippen LogP contribution in [0, 0.1) is 0 Å². The average molecular weight is 550 g/mol. The summed E-state index contributed by atoms with van der Waals surface area (Å²) in [5.41, 5.74) is 5.68. The molecule has 0 rings (SSSR count). The summed E-state index contributed by atoms with van der Waals surface area (Å²) < 4.78 is 21.6. The number of hydrogen-bond acceptors (Lipinski definition) is 5. The minimum Gasteiger partial charge on any atom is -0.481 e. The van der Waals surface area contributed by atoms with Crippen LogP contribution in [0.25, 0.3) is 0 Å². The third kappa shape index (κ3) is 25.6. The van der Waals surface area contributed by atoms with Gasteiger partial charge in [0.25, 0.3) is 0 Å². The van der Waals surface area contributed by atoms with Gasteiger partial charge in [0.2, 0.25) is 0 Å². The fourth-order valence-corrected chi connectivity index (χ4v) is 5.40. The molecule has 0 aromatic carbocycles. The van der Waals surface area contributed by atoms with Gasteiger partial charge in [-0.3, -0.25) is 13.8 Å². The summed E-state index contributed by atoms with van der Waals surface area (Å²) in [5.74, 6) is -1.10. The van der Waals surface area contributed by atoms with Gasteiger partial charge in [-0.2, -0.15) is 0 Å². The molecule has 8 heteroatoms. The van der Waals surface area contributed by atoms with Crippen LogP contribution in [0.15, 0.2) is 0 Å². The van der Waals surface area contributed by atoms with E-state index in [1.54, 1.807) is 0 Å². The minimum absolute atomic E-state index is 0.0799. The predicted molar refractivity (Wildman–Crippen MR) is 154 cm³/mol. The molecule has 0 heterocycles. The Morgan fingerprint density at radius 1 is 0.703 bits per heavy atom. The summed E-state index contributed by atoms with van der Waals surface area (Å²) in [6.07, 6.45) is 27.8. The molecule has 0 amide bonds. The lowest BCUT2D eigenvalue weighted by Crippen LogP contribution is -2.43. The van der Waals surface area contributed by atoms with Crippen molar-refractivity contribution in [2.45, 2.75) is 167 Å². The average Bonchev–Trinajstić information content (AvgIpc) is 2.86. The number of rotatable bonds is 29. The third-order valence-corrected chi connectivity index (χ3v) is 8.28. The minimum atomic E-state index is -4.28. The van der Waals surface area contributed by atoms with Gasteiger partial charge in [-0.1, -0.05) is 142 Å². The van der Waals surface area contributed by atoms with Gasteiger partial charge in [-0.25, -0.2) is 4.57 Å². The Labute approximate surface area is 228 Å². The second-order valence-corrected chi connectivity index (χ2v) is 12.4. The smallest absolute Gasteiger partial charge is 0.472 e. The molecule has 0 aromatic heterocycles. The van der Waals surface area contributed by atoms with E-state index in [2.05, 4.69) is 11.4 Å². The van der Waals surface area contributed by atoms with E-state index in [4.69, 9.17) is 15.4 Å². The highest BCUT2D eigenvalue weighted by atomic mass is 31.2.